The fraction of sp³-hybridized carbons (Fsp3) is 1.00. The molecular weight excluding hydrogens is 146 g/mol. The summed E-state index contributed by atoms with van der Waals surface area (Å²) in [4.78, 5) is 2.65. The van der Waals surface area contributed by atoms with Crippen LogP contribution in [0.4, 0.5) is 0 Å². The van der Waals surface area contributed by atoms with Gasteiger partial charge in [0.15, 0.2) is 0 Å². The van der Waals surface area contributed by atoms with Gasteiger partial charge >= 0.3 is 0 Å². The number of nitrogens with zero attached hydrogens (tertiary/aromatic N) is 1. The van der Waals surface area contributed by atoms with Gasteiger partial charge in [-0.25, -0.2) is 0 Å². The summed E-state index contributed by atoms with van der Waals surface area (Å²) in [5.41, 5.74) is 0.403. The second kappa shape index (κ2) is 3.78. The van der Waals surface area contributed by atoms with Crippen LogP contribution in [0.3, 0.4) is 0 Å². The summed E-state index contributed by atoms with van der Waals surface area (Å²) in [6, 6.07) is 0. The standard InChI is InChI=1S/C11H23N/c1-10(2)11(3,4)12-8-6-5-7-9-12/h10H,5-9H2,1-4H3. The van der Waals surface area contributed by atoms with Crippen molar-refractivity contribution in [2.45, 2.75) is 52.5 Å². The van der Waals surface area contributed by atoms with Gasteiger partial charge in [0.2, 0.25) is 0 Å². The highest BCUT2D eigenvalue weighted by Gasteiger charge is 2.30. The van der Waals surface area contributed by atoms with E-state index in [2.05, 4.69) is 32.6 Å². The third kappa shape index (κ3) is 2.01. The second-order valence-corrected chi connectivity index (χ2v) is 4.86. The molecule has 0 bridgehead atoms. The fourth-order valence-corrected chi connectivity index (χ4v) is 1.84. The quantitative estimate of drug-likeness (QED) is 0.614. The van der Waals surface area contributed by atoms with Gasteiger partial charge in [-0.2, -0.15) is 0 Å². The van der Waals surface area contributed by atoms with Gasteiger partial charge in [0, 0.05) is 5.54 Å². The van der Waals surface area contributed by atoms with Crippen LogP contribution in [0.15, 0.2) is 0 Å². The smallest absolute Gasteiger partial charge is 0.0176 e. The third-order valence-electron chi connectivity index (χ3n) is 3.58. The molecular formula is C11H23N. The van der Waals surface area contributed by atoms with Gasteiger partial charge in [-0.1, -0.05) is 20.3 Å². The predicted molar refractivity (Wildman–Crippen MR) is 54.3 cm³/mol. The summed E-state index contributed by atoms with van der Waals surface area (Å²) in [6.45, 7) is 12.0. The lowest BCUT2D eigenvalue weighted by atomic mass is 9.87. The molecule has 0 spiro atoms. The van der Waals surface area contributed by atoms with E-state index >= 15 is 0 Å². The topological polar surface area (TPSA) is 3.24 Å². The van der Waals surface area contributed by atoms with Gasteiger partial charge in [-0.3, -0.25) is 4.90 Å². The monoisotopic (exact) mass is 169 g/mol. The lowest BCUT2D eigenvalue weighted by Crippen LogP contribution is -2.50. The lowest BCUT2D eigenvalue weighted by molar-refractivity contribution is 0.0577. The Bertz CT molecular complexity index is 132. The van der Waals surface area contributed by atoms with Crippen molar-refractivity contribution in [3.63, 3.8) is 0 Å². The number of hydrogen-bond acceptors (Lipinski definition) is 1. The van der Waals surface area contributed by atoms with E-state index in [1.54, 1.807) is 0 Å². The molecule has 12 heavy (non-hydrogen) atoms. The van der Waals surface area contributed by atoms with Crippen molar-refractivity contribution >= 4 is 0 Å². The van der Waals surface area contributed by atoms with Crippen LogP contribution in [0.25, 0.3) is 0 Å². The lowest BCUT2D eigenvalue weighted by Gasteiger charge is -2.43. The van der Waals surface area contributed by atoms with Crippen molar-refractivity contribution < 1.29 is 0 Å². The maximum Gasteiger partial charge on any atom is 0.0176 e. The van der Waals surface area contributed by atoms with Crippen LogP contribution in [-0.2, 0) is 0 Å². The van der Waals surface area contributed by atoms with Crippen LogP contribution >= 0.6 is 0 Å². The van der Waals surface area contributed by atoms with Crippen molar-refractivity contribution in [3.05, 3.63) is 0 Å². The summed E-state index contributed by atoms with van der Waals surface area (Å²) in [6.07, 6.45) is 4.23. The first kappa shape index (κ1) is 10.0. The summed E-state index contributed by atoms with van der Waals surface area (Å²) in [7, 11) is 0. The molecule has 0 radical (unpaired) electrons. The minimum Gasteiger partial charge on any atom is -0.298 e. The molecule has 0 atom stereocenters. The molecule has 0 aromatic heterocycles. The van der Waals surface area contributed by atoms with E-state index in [1.807, 2.05) is 0 Å². The van der Waals surface area contributed by atoms with Crippen LogP contribution in [-0.4, -0.2) is 23.5 Å². The minimum atomic E-state index is 0.403. The molecule has 0 aromatic carbocycles. The molecule has 0 unspecified atom stereocenters. The number of likely N-dealkylation sites (tertiary alicyclic amines) is 1. The summed E-state index contributed by atoms with van der Waals surface area (Å²) in [5, 5.41) is 0. The normalized spacial score (nSPS) is 21.8. The molecule has 0 amide bonds. The van der Waals surface area contributed by atoms with Crippen molar-refractivity contribution in [2.75, 3.05) is 13.1 Å². The van der Waals surface area contributed by atoms with Gasteiger partial charge in [-0.15, -0.1) is 0 Å². The third-order valence-corrected chi connectivity index (χ3v) is 3.58. The summed E-state index contributed by atoms with van der Waals surface area (Å²) in [5.74, 6) is 0.760. The molecule has 0 saturated carbocycles. The van der Waals surface area contributed by atoms with Gasteiger partial charge < -0.3 is 0 Å². The molecule has 1 heteroatoms. The summed E-state index contributed by atoms with van der Waals surface area (Å²) >= 11 is 0. The van der Waals surface area contributed by atoms with Crippen molar-refractivity contribution in [1.29, 1.82) is 0 Å². The highest BCUT2D eigenvalue weighted by molar-refractivity contribution is 4.85. The molecule has 1 saturated heterocycles. The number of rotatable bonds is 2. The Morgan fingerprint density at radius 1 is 1.00 bits per heavy atom. The SMILES string of the molecule is CC(C)C(C)(C)N1CCCCC1. The van der Waals surface area contributed by atoms with E-state index < -0.39 is 0 Å². The highest BCUT2D eigenvalue weighted by Crippen LogP contribution is 2.26. The van der Waals surface area contributed by atoms with E-state index in [-0.39, 0.29) is 0 Å². The molecule has 1 aliphatic heterocycles. The van der Waals surface area contributed by atoms with Crippen LogP contribution in [0.2, 0.25) is 0 Å². The van der Waals surface area contributed by atoms with E-state index in [4.69, 9.17) is 0 Å². The van der Waals surface area contributed by atoms with Crippen molar-refractivity contribution in [1.82, 2.24) is 4.90 Å². The number of hydrogen-bond donors (Lipinski definition) is 0. The predicted octanol–water partition coefficient (Wildman–Crippen LogP) is 2.91. The van der Waals surface area contributed by atoms with E-state index in [0.29, 0.717) is 5.54 Å². The Hall–Kier alpha value is -0.0400. The van der Waals surface area contributed by atoms with Crippen LogP contribution in [0.1, 0.15) is 47.0 Å². The zero-order valence-electron chi connectivity index (χ0n) is 9.06. The Morgan fingerprint density at radius 3 is 1.92 bits per heavy atom. The van der Waals surface area contributed by atoms with E-state index in [1.165, 1.54) is 32.4 Å². The van der Waals surface area contributed by atoms with Crippen LogP contribution < -0.4 is 0 Å². The minimum absolute atomic E-state index is 0.403. The zero-order chi connectivity index (χ0) is 9.19. The molecule has 1 fully saturated rings. The van der Waals surface area contributed by atoms with E-state index in [0.717, 1.165) is 5.92 Å². The highest BCUT2D eigenvalue weighted by atomic mass is 15.2. The zero-order valence-corrected chi connectivity index (χ0v) is 9.06. The average Bonchev–Trinajstić information content (AvgIpc) is 2.06. The maximum absolute atomic E-state index is 2.65. The first-order valence-electron chi connectivity index (χ1n) is 5.30. The first-order chi connectivity index (χ1) is 5.55. The second-order valence-electron chi connectivity index (χ2n) is 4.86. The number of piperidine rings is 1. The Morgan fingerprint density at radius 2 is 1.50 bits per heavy atom. The Labute approximate surface area is 77.1 Å². The molecule has 1 aliphatic rings. The van der Waals surface area contributed by atoms with Crippen molar-refractivity contribution in [2.24, 2.45) is 5.92 Å². The molecule has 1 rings (SSSR count). The largest absolute Gasteiger partial charge is 0.298 e. The average molecular weight is 169 g/mol. The van der Waals surface area contributed by atoms with E-state index in [9.17, 15) is 0 Å². The molecule has 0 N–H and O–H groups in total. The molecule has 72 valence electrons. The van der Waals surface area contributed by atoms with Crippen molar-refractivity contribution in [3.8, 4) is 0 Å². The molecule has 0 aromatic rings. The fourth-order valence-electron chi connectivity index (χ4n) is 1.84. The van der Waals surface area contributed by atoms with Gasteiger partial charge in [-0.05, 0) is 45.7 Å². The van der Waals surface area contributed by atoms with Gasteiger partial charge in [0.25, 0.3) is 0 Å². The summed E-state index contributed by atoms with van der Waals surface area (Å²) < 4.78 is 0. The molecule has 0 aliphatic carbocycles. The van der Waals surface area contributed by atoms with Crippen LogP contribution in [0, 0.1) is 5.92 Å². The Balaban J connectivity index is 2.53. The maximum atomic E-state index is 2.65. The van der Waals surface area contributed by atoms with Gasteiger partial charge in [0.05, 0.1) is 0 Å². The van der Waals surface area contributed by atoms with Gasteiger partial charge in [0.1, 0.15) is 0 Å². The first-order valence-corrected chi connectivity index (χ1v) is 5.30. The molecule has 1 nitrogen and oxygen atoms in total. The Kier molecular flexibility index (Phi) is 3.16. The van der Waals surface area contributed by atoms with Crippen LogP contribution in [0.5, 0.6) is 0 Å². The molecule has 1 heterocycles.